The molecule has 1 aliphatic rings. The molecule has 0 bridgehead atoms. The van der Waals surface area contributed by atoms with Gasteiger partial charge in [-0.05, 0) is 50.4 Å². The third-order valence-electron chi connectivity index (χ3n) is 3.91. The number of nitrogens with one attached hydrogen (secondary N) is 1. The second kappa shape index (κ2) is 7.75. The van der Waals surface area contributed by atoms with E-state index in [0.717, 1.165) is 55.6 Å². The van der Waals surface area contributed by atoms with Gasteiger partial charge in [-0.2, -0.15) is 0 Å². The van der Waals surface area contributed by atoms with Gasteiger partial charge in [0, 0.05) is 23.6 Å². The Bertz CT molecular complexity index is 490. The number of nitrogens with zero attached hydrogens (tertiary/aromatic N) is 2. The van der Waals surface area contributed by atoms with E-state index in [4.69, 9.17) is 0 Å². The van der Waals surface area contributed by atoms with Crippen molar-refractivity contribution in [3.05, 3.63) is 32.8 Å². The molecule has 1 aromatic carbocycles. The quantitative estimate of drug-likeness (QED) is 0.625. The predicted molar refractivity (Wildman–Crippen MR) is 88.9 cm³/mol. The van der Waals surface area contributed by atoms with Crippen LogP contribution in [0.4, 0.5) is 11.4 Å². The zero-order valence-electron chi connectivity index (χ0n) is 12.3. The van der Waals surface area contributed by atoms with E-state index in [1.54, 1.807) is 12.1 Å². The highest BCUT2D eigenvalue weighted by atomic mass is 79.9. The van der Waals surface area contributed by atoms with Crippen molar-refractivity contribution in [2.75, 3.05) is 31.1 Å². The summed E-state index contributed by atoms with van der Waals surface area (Å²) in [5, 5.41) is 14.7. The number of rotatable bonds is 6. The van der Waals surface area contributed by atoms with Crippen molar-refractivity contribution in [1.82, 2.24) is 5.32 Å². The Kier molecular flexibility index (Phi) is 5.99. The first kappa shape index (κ1) is 16.2. The zero-order valence-corrected chi connectivity index (χ0v) is 13.9. The molecule has 0 saturated carbocycles. The first-order valence-corrected chi connectivity index (χ1v) is 8.30. The van der Waals surface area contributed by atoms with E-state index in [1.165, 1.54) is 0 Å². The van der Waals surface area contributed by atoms with Gasteiger partial charge < -0.3 is 10.2 Å². The van der Waals surface area contributed by atoms with Gasteiger partial charge in [-0.1, -0.05) is 22.9 Å². The van der Waals surface area contributed by atoms with Crippen molar-refractivity contribution in [3.63, 3.8) is 0 Å². The summed E-state index contributed by atoms with van der Waals surface area (Å²) in [4.78, 5) is 13.2. The van der Waals surface area contributed by atoms with Crippen molar-refractivity contribution in [1.29, 1.82) is 0 Å². The first-order chi connectivity index (χ1) is 10.1. The van der Waals surface area contributed by atoms with E-state index in [0.29, 0.717) is 5.92 Å². The maximum Gasteiger partial charge on any atom is 0.292 e. The standard InChI is InChI=1S/C15H22BrN3O2/c1-2-9-18(11-12-5-7-17-8-6-12)15-10-13(16)3-4-14(15)19(20)21/h3-4,10,12,17H,2,5-9,11H2,1H3. The monoisotopic (exact) mass is 355 g/mol. The van der Waals surface area contributed by atoms with Crippen molar-refractivity contribution < 1.29 is 4.92 Å². The molecular weight excluding hydrogens is 334 g/mol. The summed E-state index contributed by atoms with van der Waals surface area (Å²) in [5.74, 6) is 0.608. The highest BCUT2D eigenvalue weighted by Gasteiger charge is 2.23. The number of hydrogen-bond acceptors (Lipinski definition) is 4. The lowest BCUT2D eigenvalue weighted by Gasteiger charge is -2.31. The molecule has 116 valence electrons. The lowest BCUT2D eigenvalue weighted by molar-refractivity contribution is -0.384. The zero-order chi connectivity index (χ0) is 15.2. The number of benzene rings is 1. The minimum absolute atomic E-state index is 0.195. The second-order valence-corrected chi connectivity index (χ2v) is 6.45. The Hall–Kier alpha value is -1.14. The lowest BCUT2D eigenvalue weighted by atomic mass is 9.97. The van der Waals surface area contributed by atoms with Crippen LogP contribution in [0, 0.1) is 16.0 Å². The molecule has 21 heavy (non-hydrogen) atoms. The van der Waals surface area contributed by atoms with E-state index in [1.807, 2.05) is 6.07 Å². The number of halogens is 1. The molecule has 1 aromatic rings. The number of nitro benzene ring substituents is 1. The Morgan fingerprint density at radius 2 is 2.14 bits per heavy atom. The third kappa shape index (κ3) is 4.41. The van der Waals surface area contributed by atoms with Crippen LogP contribution in [0.3, 0.4) is 0 Å². The highest BCUT2D eigenvalue weighted by molar-refractivity contribution is 9.10. The first-order valence-electron chi connectivity index (χ1n) is 7.51. The summed E-state index contributed by atoms with van der Waals surface area (Å²) in [7, 11) is 0. The van der Waals surface area contributed by atoms with Crippen LogP contribution in [-0.4, -0.2) is 31.1 Å². The van der Waals surface area contributed by atoms with E-state index in [9.17, 15) is 10.1 Å². The van der Waals surface area contributed by atoms with Crippen LogP contribution in [0.2, 0.25) is 0 Å². The van der Waals surface area contributed by atoms with Crippen LogP contribution in [0.15, 0.2) is 22.7 Å². The van der Waals surface area contributed by atoms with Crippen LogP contribution >= 0.6 is 15.9 Å². The molecule has 1 saturated heterocycles. The molecule has 0 spiro atoms. The maximum absolute atomic E-state index is 11.3. The molecule has 2 rings (SSSR count). The molecule has 0 amide bonds. The molecule has 0 radical (unpaired) electrons. The van der Waals surface area contributed by atoms with Crippen LogP contribution in [0.25, 0.3) is 0 Å². The topological polar surface area (TPSA) is 58.4 Å². The van der Waals surface area contributed by atoms with Gasteiger partial charge in [0.15, 0.2) is 0 Å². The number of piperidine rings is 1. The van der Waals surface area contributed by atoms with Crippen LogP contribution in [0.5, 0.6) is 0 Å². The fourth-order valence-corrected chi connectivity index (χ4v) is 3.21. The summed E-state index contributed by atoms with van der Waals surface area (Å²) in [6, 6.07) is 5.19. The lowest BCUT2D eigenvalue weighted by Crippen LogP contribution is -2.36. The van der Waals surface area contributed by atoms with E-state index >= 15 is 0 Å². The number of nitro groups is 1. The Labute approximate surface area is 134 Å². The minimum atomic E-state index is -0.285. The summed E-state index contributed by atoms with van der Waals surface area (Å²) in [5.41, 5.74) is 0.926. The average molecular weight is 356 g/mol. The van der Waals surface area contributed by atoms with Crippen molar-refractivity contribution in [2.45, 2.75) is 26.2 Å². The van der Waals surface area contributed by atoms with Gasteiger partial charge in [0.05, 0.1) is 4.92 Å². The number of hydrogen-bond donors (Lipinski definition) is 1. The molecule has 1 fully saturated rings. The van der Waals surface area contributed by atoms with E-state index in [-0.39, 0.29) is 10.6 Å². The Morgan fingerprint density at radius 1 is 1.43 bits per heavy atom. The maximum atomic E-state index is 11.3. The van der Waals surface area contributed by atoms with Gasteiger partial charge in [0.1, 0.15) is 5.69 Å². The third-order valence-corrected chi connectivity index (χ3v) is 4.40. The molecule has 0 atom stereocenters. The van der Waals surface area contributed by atoms with Crippen molar-refractivity contribution in [3.8, 4) is 0 Å². The van der Waals surface area contributed by atoms with Crippen molar-refractivity contribution in [2.24, 2.45) is 5.92 Å². The predicted octanol–water partition coefficient (Wildman–Crippen LogP) is 3.57. The molecule has 1 heterocycles. The van der Waals surface area contributed by atoms with E-state index in [2.05, 4.69) is 33.1 Å². The van der Waals surface area contributed by atoms with Gasteiger partial charge in [-0.15, -0.1) is 0 Å². The normalized spacial score (nSPS) is 15.9. The second-order valence-electron chi connectivity index (χ2n) is 5.53. The summed E-state index contributed by atoms with van der Waals surface area (Å²) in [6.45, 7) is 5.95. The molecule has 0 unspecified atom stereocenters. The van der Waals surface area contributed by atoms with E-state index < -0.39 is 0 Å². The molecular formula is C15H22BrN3O2. The molecule has 5 nitrogen and oxygen atoms in total. The summed E-state index contributed by atoms with van der Waals surface area (Å²) < 4.78 is 0.884. The minimum Gasteiger partial charge on any atom is -0.366 e. The van der Waals surface area contributed by atoms with Crippen LogP contribution < -0.4 is 10.2 Å². The molecule has 0 aliphatic carbocycles. The molecule has 6 heteroatoms. The molecule has 0 aromatic heterocycles. The largest absolute Gasteiger partial charge is 0.366 e. The smallest absolute Gasteiger partial charge is 0.292 e. The van der Waals surface area contributed by atoms with Gasteiger partial charge in [-0.3, -0.25) is 10.1 Å². The fraction of sp³-hybridized carbons (Fsp3) is 0.600. The Balaban J connectivity index is 2.23. The van der Waals surface area contributed by atoms with Gasteiger partial charge in [0.25, 0.3) is 5.69 Å². The average Bonchev–Trinajstić information content (AvgIpc) is 2.47. The molecule has 1 N–H and O–H groups in total. The van der Waals surface area contributed by atoms with Gasteiger partial charge in [-0.25, -0.2) is 0 Å². The number of anilines is 1. The molecule has 1 aliphatic heterocycles. The van der Waals surface area contributed by atoms with Crippen molar-refractivity contribution >= 4 is 27.3 Å². The fourth-order valence-electron chi connectivity index (χ4n) is 2.86. The highest BCUT2D eigenvalue weighted by Crippen LogP contribution is 2.32. The van der Waals surface area contributed by atoms with Gasteiger partial charge >= 0.3 is 0 Å². The Morgan fingerprint density at radius 3 is 2.76 bits per heavy atom. The SMILES string of the molecule is CCCN(CC1CCNCC1)c1cc(Br)ccc1[N+](=O)[O-]. The van der Waals surface area contributed by atoms with Crippen LogP contribution in [0.1, 0.15) is 26.2 Å². The summed E-state index contributed by atoms with van der Waals surface area (Å²) in [6.07, 6.45) is 3.26. The summed E-state index contributed by atoms with van der Waals surface area (Å²) >= 11 is 3.43. The van der Waals surface area contributed by atoms with Crippen LogP contribution in [-0.2, 0) is 0 Å². The van der Waals surface area contributed by atoms with Gasteiger partial charge in [0.2, 0.25) is 0 Å².